The second-order valence-corrected chi connectivity index (χ2v) is 6.89. The van der Waals surface area contributed by atoms with E-state index in [1.54, 1.807) is 0 Å². The van der Waals surface area contributed by atoms with Gasteiger partial charge in [-0.2, -0.15) is 13.2 Å². The number of nitrogens with zero attached hydrogens (tertiary/aromatic N) is 2. The standard InChI is InChI=1S/C15H18F3N3S/c1-9(2)12-8-19-5-6-21(12)14-20-11-4-3-10(15(16,17)18)7-13(11)22-14/h3-4,7,9,12,19H,5-6,8H2,1-2H3/t12-/m1/s1. The predicted octanol–water partition coefficient (Wildman–Crippen LogP) is 3.75. The van der Waals surface area contributed by atoms with Crippen molar-refractivity contribution in [2.75, 3.05) is 24.5 Å². The Hall–Kier alpha value is -1.34. The number of fused-ring (bicyclic) bond motifs is 1. The number of anilines is 1. The molecule has 0 spiro atoms. The summed E-state index contributed by atoms with van der Waals surface area (Å²) < 4.78 is 39.0. The van der Waals surface area contributed by atoms with Gasteiger partial charge in [0.05, 0.1) is 15.8 Å². The molecule has 0 bridgehead atoms. The molecule has 1 fully saturated rings. The number of thiazole rings is 1. The van der Waals surface area contributed by atoms with Gasteiger partial charge in [0.25, 0.3) is 0 Å². The van der Waals surface area contributed by atoms with Crippen LogP contribution >= 0.6 is 11.3 Å². The zero-order chi connectivity index (χ0) is 15.9. The molecule has 1 aliphatic rings. The van der Waals surface area contributed by atoms with Crippen LogP contribution in [-0.2, 0) is 6.18 Å². The summed E-state index contributed by atoms with van der Waals surface area (Å²) in [4.78, 5) is 6.76. The van der Waals surface area contributed by atoms with E-state index < -0.39 is 11.7 Å². The first-order chi connectivity index (χ1) is 10.4. The largest absolute Gasteiger partial charge is 0.416 e. The topological polar surface area (TPSA) is 28.2 Å². The summed E-state index contributed by atoms with van der Waals surface area (Å²) >= 11 is 1.34. The summed E-state index contributed by atoms with van der Waals surface area (Å²) in [6.07, 6.45) is -4.31. The summed E-state index contributed by atoms with van der Waals surface area (Å²) in [5.74, 6) is 0.450. The third kappa shape index (κ3) is 2.92. The molecule has 2 heterocycles. The van der Waals surface area contributed by atoms with E-state index in [0.717, 1.165) is 30.8 Å². The minimum atomic E-state index is -4.31. The van der Waals surface area contributed by atoms with E-state index in [2.05, 4.69) is 29.0 Å². The van der Waals surface area contributed by atoms with Crippen molar-refractivity contribution in [1.29, 1.82) is 0 Å². The number of halogens is 3. The maximum atomic E-state index is 12.8. The van der Waals surface area contributed by atoms with Crippen LogP contribution in [0.25, 0.3) is 10.2 Å². The first-order valence-electron chi connectivity index (χ1n) is 7.31. The maximum Gasteiger partial charge on any atom is 0.416 e. The van der Waals surface area contributed by atoms with E-state index in [0.29, 0.717) is 22.2 Å². The van der Waals surface area contributed by atoms with Gasteiger partial charge in [-0.3, -0.25) is 0 Å². The molecule has 3 nitrogen and oxygen atoms in total. The molecule has 7 heteroatoms. The third-order valence-electron chi connectivity index (χ3n) is 4.00. The number of rotatable bonds is 2. The second-order valence-electron chi connectivity index (χ2n) is 5.89. The summed E-state index contributed by atoms with van der Waals surface area (Å²) in [6.45, 7) is 6.88. The van der Waals surface area contributed by atoms with Crippen LogP contribution in [0.5, 0.6) is 0 Å². The third-order valence-corrected chi connectivity index (χ3v) is 5.06. The number of piperazine rings is 1. The molecule has 0 radical (unpaired) electrons. The molecule has 2 aromatic rings. The van der Waals surface area contributed by atoms with E-state index in [9.17, 15) is 13.2 Å². The first-order valence-corrected chi connectivity index (χ1v) is 8.13. The zero-order valence-electron chi connectivity index (χ0n) is 12.4. The Morgan fingerprint density at radius 2 is 2.14 bits per heavy atom. The van der Waals surface area contributed by atoms with Gasteiger partial charge in [-0.05, 0) is 24.1 Å². The molecule has 1 aromatic carbocycles. The van der Waals surface area contributed by atoms with Crippen molar-refractivity contribution in [3.8, 4) is 0 Å². The van der Waals surface area contributed by atoms with Gasteiger partial charge in [0.2, 0.25) is 0 Å². The van der Waals surface area contributed by atoms with Gasteiger partial charge in [-0.15, -0.1) is 0 Å². The van der Waals surface area contributed by atoms with Crippen molar-refractivity contribution in [2.45, 2.75) is 26.1 Å². The Morgan fingerprint density at radius 1 is 1.36 bits per heavy atom. The van der Waals surface area contributed by atoms with Gasteiger partial charge in [-0.1, -0.05) is 25.2 Å². The average Bonchev–Trinajstić information content (AvgIpc) is 2.89. The maximum absolute atomic E-state index is 12.8. The minimum absolute atomic E-state index is 0.316. The Morgan fingerprint density at radius 3 is 2.82 bits per heavy atom. The molecule has 1 saturated heterocycles. The normalized spacial score (nSPS) is 20.1. The Bertz CT molecular complexity index is 666. The lowest BCUT2D eigenvalue weighted by atomic mass is 10.0. The fraction of sp³-hybridized carbons (Fsp3) is 0.533. The van der Waals surface area contributed by atoms with Crippen LogP contribution in [-0.4, -0.2) is 30.7 Å². The highest BCUT2D eigenvalue weighted by Crippen LogP contribution is 2.36. The van der Waals surface area contributed by atoms with Crippen molar-refractivity contribution in [2.24, 2.45) is 5.92 Å². The van der Waals surface area contributed by atoms with Crippen molar-refractivity contribution < 1.29 is 13.2 Å². The van der Waals surface area contributed by atoms with E-state index in [1.165, 1.54) is 23.5 Å². The number of nitrogens with one attached hydrogen (secondary N) is 1. The minimum Gasteiger partial charge on any atom is -0.342 e. The monoisotopic (exact) mass is 329 g/mol. The lowest BCUT2D eigenvalue weighted by Crippen LogP contribution is -2.53. The molecular weight excluding hydrogens is 311 g/mol. The van der Waals surface area contributed by atoms with Gasteiger partial charge in [0, 0.05) is 25.7 Å². The van der Waals surface area contributed by atoms with Gasteiger partial charge in [-0.25, -0.2) is 4.98 Å². The fourth-order valence-electron chi connectivity index (χ4n) is 2.77. The van der Waals surface area contributed by atoms with Crippen molar-refractivity contribution in [3.05, 3.63) is 23.8 Å². The Labute approximate surface area is 131 Å². The van der Waals surface area contributed by atoms with Gasteiger partial charge < -0.3 is 10.2 Å². The van der Waals surface area contributed by atoms with E-state index in [4.69, 9.17) is 0 Å². The molecule has 1 N–H and O–H groups in total. The number of alkyl halides is 3. The summed E-state index contributed by atoms with van der Waals surface area (Å²) in [7, 11) is 0. The highest BCUT2D eigenvalue weighted by molar-refractivity contribution is 7.22. The molecular formula is C15H18F3N3S. The Balaban J connectivity index is 1.97. The molecule has 120 valence electrons. The smallest absolute Gasteiger partial charge is 0.342 e. The number of hydrogen-bond donors (Lipinski definition) is 1. The summed E-state index contributed by atoms with van der Waals surface area (Å²) in [5.41, 5.74) is 0.0185. The van der Waals surface area contributed by atoms with E-state index in [-0.39, 0.29) is 0 Å². The molecule has 1 atom stereocenters. The fourth-order valence-corrected chi connectivity index (χ4v) is 3.86. The van der Waals surface area contributed by atoms with Crippen LogP contribution in [0.2, 0.25) is 0 Å². The molecule has 1 aromatic heterocycles. The van der Waals surface area contributed by atoms with Crippen LogP contribution in [0.15, 0.2) is 18.2 Å². The SMILES string of the molecule is CC(C)[C@H]1CNCCN1c1nc2ccc(C(F)(F)F)cc2s1. The molecule has 1 aliphatic heterocycles. The second kappa shape index (κ2) is 5.70. The zero-order valence-corrected chi connectivity index (χ0v) is 13.3. The quantitative estimate of drug-likeness (QED) is 0.909. The van der Waals surface area contributed by atoms with Crippen LogP contribution in [0, 0.1) is 5.92 Å². The lowest BCUT2D eigenvalue weighted by Gasteiger charge is -2.38. The average molecular weight is 329 g/mol. The molecule has 22 heavy (non-hydrogen) atoms. The first kappa shape index (κ1) is 15.6. The van der Waals surface area contributed by atoms with E-state index >= 15 is 0 Å². The summed E-state index contributed by atoms with van der Waals surface area (Å²) in [5, 5.41) is 4.18. The van der Waals surface area contributed by atoms with Gasteiger partial charge >= 0.3 is 6.18 Å². The highest BCUT2D eigenvalue weighted by atomic mass is 32.1. The van der Waals surface area contributed by atoms with Gasteiger partial charge in [0.15, 0.2) is 5.13 Å². The molecule has 0 saturated carbocycles. The molecule has 0 amide bonds. The van der Waals surface area contributed by atoms with Crippen LogP contribution < -0.4 is 10.2 Å². The summed E-state index contributed by atoms with van der Waals surface area (Å²) in [6, 6.07) is 4.08. The molecule has 3 rings (SSSR count). The highest BCUT2D eigenvalue weighted by Gasteiger charge is 2.31. The van der Waals surface area contributed by atoms with Crippen LogP contribution in [0.3, 0.4) is 0 Å². The number of aromatic nitrogens is 1. The van der Waals surface area contributed by atoms with Crippen molar-refractivity contribution >= 4 is 26.7 Å². The molecule has 0 aliphatic carbocycles. The number of hydrogen-bond acceptors (Lipinski definition) is 4. The molecule has 0 unspecified atom stereocenters. The number of benzene rings is 1. The lowest BCUT2D eigenvalue weighted by molar-refractivity contribution is -0.137. The van der Waals surface area contributed by atoms with Crippen LogP contribution in [0.4, 0.5) is 18.3 Å². The van der Waals surface area contributed by atoms with Crippen molar-refractivity contribution in [3.63, 3.8) is 0 Å². The Kier molecular flexibility index (Phi) is 4.03. The van der Waals surface area contributed by atoms with E-state index in [1.807, 2.05) is 0 Å². The van der Waals surface area contributed by atoms with Crippen molar-refractivity contribution in [1.82, 2.24) is 10.3 Å². The van der Waals surface area contributed by atoms with Gasteiger partial charge in [0.1, 0.15) is 0 Å². The van der Waals surface area contributed by atoms with Crippen LogP contribution in [0.1, 0.15) is 19.4 Å². The predicted molar refractivity (Wildman–Crippen MR) is 83.5 cm³/mol.